The van der Waals surface area contributed by atoms with Gasteiger partial charge in [-0.25, -0.2) is 0 Å². The van der Waals surface area contributed by atoms with Crippen molar-refractivity contribution in [1.82, 2.24) is 14.8 Å². The lowest BCUT2D eigenvalue weighted by Crippen LogP contribution is -2.12. The quantitative estimate of drug-likeness (QED) is 0.358. The van der Waals surface area contributed by atoms with E-state index in [9.17, 15) is 10.1 Å². The molecule has 7 nitrogen and oxygen atoms in total. The lowest BCUT2D eigenvalue weighted by molar-refractivity contribution is -0.479. The summed E-state index contributed by atoms with van der Waals surface area (Å²) in [6, 6.07) is 17.0. The van der Waals surface area contributed by atoms with Crippen molar-refractivity contribution < 1.29 is 9.66 Å². The Kier molecular flexibility index (Phi) is 5.52. The van der Waals surface area contributed by atoms with E-state index in [4.69, 9.17) is 4.74 Å². The van der Waals surface area contributed by atoms with Gasteiger partial charge < -0.3 is 4.74 Å². The van der Waals surface area contributed by atoms with Gasteiger partial charge in [0, 0.05) is 16.2 Å². The topological polar surface area (TPSA) is 83.1 Å². The van der Waals surface area contributed by atoms with E-state index in [1.54, 1.807) is 13.2 Å². The number of para-hydroxylation sites is 2. The Labute approximate surface area is 155 Å². The fourth-order valence-corrected chi connectivity index (χ4v) is 3.89. The van der Waals surface area contributed by atoms with Gasteiger partial charge in [-0.1, -0.05) is 48.2 Å². The van der Waals surface area contributed by atoms with Gasteiger partial charge in [-0.15, -0.1) is 10.2 Å². The second kappa shape index (κ2) is 8.01. The molecule has 0 N–H and O–H groups in total. The number of thioether (sulfide) groups is 1. The van der Waals surface area contributed by atoms with E-state index in [2.05, 4.69) is 10.2 Å². The molecule has 0 aliphatic rings. The number of benzene rings is 2. The fraction of sp³-hybridized carbons (Fsp3) is 0.222. The van der Waals surface area contributed by atoms with Crippen LogP contribution in [0.15, 0.2) is 59.8 Å². The number of hydrogen-bond acceptors (Lipinski definition) is 6. The van der Waals surface area contributed by atoms with Crippen LogP contribution >= 0.6 is 11.8 Å². The molecule has 0 fully saturated rings. The van der Waals surface area contributed by atoms with E-state index in [0.717, 1.165) is 17.1 Å². The van der Waals surface area contributed by atoms with Crippen molar-refractivity contribution in [1.29, 1.82) is 0 Å². The highest BCUT2D eigenvalue weighted by Gasteiger charge is 2.26. The van der Waals surface area contributed by atoms with E-state index in [1.165, 1.54) is 11.8 Å². The summed E-state index contributed by atoms with van der Waals surface area (Å²) in [7, 11) is 1.56. The standard InChI is InChI=1S/C18H18N4O3S/c1-13-19-20-18(22(13)14-8-4-3-5-9-14)26-17(12-21(23)24)15-10-6-7-11-16(15)25-2/h3-11,17H,12H2,1-2H3/t17-/m0/s1. The van der Waals surface area contributed by atoms with Crippen LogP contribution in [0.1, 0.15) is 16.6 Å². The first kappa shape index (κ1) is 17.9. The minimum absolute atomic E-state index is 0.244. The molecule has 1 atom stereocenters. The lowest BCUT2D eigenvalue weighted by Gasteiger charge is -2.16. The van der Waals surface area contributed by atoms with Crippen molar-refractivity contribution in [3.63, 3.8) is 0 Å². The molecule has 0 spiro atoms. The van der Waals surface area contributed by atoms with Crippen molar-refractivity contribution in [3.05, 3.63) is 76.1 Å². The number of aromatic nitrogens is 3. The van der Waals surface area contributed by atoms with Crippen LogP contribution in [0.25, 0.3) is 5.69 Å². The molecule has 26 heavy (non-hydrogen) atoms. The predicted octanol–water partition coefficient (Wildman–Crippen LogP) is 3.69. The molecule has 0 unspecified atom stereocenters. The minimum atomic E-state index is -0.452. The zero-order valence-corrected chi connectivity index (χ0v) is 15.2. The molecule has 2 aromatic carbocycles. The van der Waals surface area contributed by atoms with Gasteiger partial charge in [-0.05, 0) is 25.1 Å². The number of rotatable bonds is 7. The van der Waals surface area contributed by atoms with Gasteiger partial charge in [0.15, 0.2) is 5.16 Å². The van der Waals surface area contributed by atoms with Gasteiger partial charge in [0.05, 0.1) is 7.11 Å². The van der Waals surface area contributed by atoms with E-state index < -0.39 is 5.25 Å². The summed E-state index contributed by atoms with van der Waals surface area (Å²) in [4.78, 5) is 10.9. The predicted molar refractivity (Wildman–Crippen MR) is 99.5 cm³/mol. The van der Waals surface area contributed by atoms with Crippen molar-refractivity contribution in [2.45, 2.75) is 17.3 Å². The van der Waals surface area contributed by atoms with Gasteiger partial charge in [0.2, 0.25) is 6.54 Å². The summed E-state index contributed by atoms with van der Waals surface area (Å²) in [6.45, 7) is 1.61. The Hall–Kier alpha value is -2.87. The van der Waals surface area contributed by atoms with Crippen LogP contribution in [-0.4, -0.2) is 33.3 Å². The molecule has 0 aliphatic carbocycles. The number of methoxy groups -OCH3 is 1. The molecule has 0 amide bonds. The molecule has 0 saturated carbocycles. The first-order chi connectivity index (χ1) is 12.6. The van der Waals surface area contributed by atoms with Crippen LogP contribution in [0, 0.1) is 17.0 Å². The molecule has 134 valence electrons. The lowest BCUT2D eigenvalue weighted by atomic mass is 10.1. The van der Waals surface area contributed by atoms with Crippen molar-refractivity contribution >= 4 is 11.8 Å². The van der Waals surface area contributed by atoms with Gasteiger partial charge >= 0.3 is 0 Å². The molecule has 0 radical (unpaired) electrons. The Bertz CT molecular complexity index is 898. The summed E-state index contributed by atoms with van der Waals surface area (Å²) in [5, 5.41) is 19.8. The Morgan fingerprint density at radius 1 is 1.15 bits per heavy atom. The molecular formula is C18H18N4O3S. The molecule has 1 aromatic heterocycles. The van der Waals surface area contributed by atoms with E-state index >= 15 is 0 Å². The normalized spacial score (nSPS) is 11.9. The SMILES string of the molecule is COc1ccccc1[C@H](C[N+](=O)[O-])Sc1nnc(C)n1-c1ccccc1. The Morgan fingerprint density at radius 3 is 2.54 bits per heavy atom. The summed E-state index contributed by atoms with van der Waals surface area (Å²) >= 11 is 1.31. The fourth-order valence-electron chi connectivity index (χ4n) is 2.69. The summed E-state index contributed by atoms with van der Waals surface area (Å²) in [5.41, 5.74) is 1.68. The number of ether oxygens (including phenoxy) is 1. The maximum Gasteiger partial charge on any atom is 0.220 e. The number of nitro groups is 1. The first-order valence-electron chi connectivity index (χ1n) is 7.99. The summed E-state index contributed by atoms with van der Waals surface area (Å²) in [5.74, 6) is 1.34. The second-order valence-corrected chi connectivity index (χ2v) is 6.73. The first-order valence-corrected chi connectivity index (χ1v) is 8.87. The molecule has 1 heterocycles. The molecule has 0 aliphatic heterocycles. The van der Waals surface area contributed by atoms with Gasteiger partial charge in [0.25, 0.3) is 0 Å². The number of hydrogen-bond donors (Lipinski definition) is 0. The largest absolute Gasteiger partial charge is 0.496 e. The Morgan fingerprint density at radius 2 is 1.85 bits per heavy atom. The third-order valence-corrected chi connectivity index (χ3v) is 5.02. The maximum atomic E-state index is 11.2. The highest BCUT2D eigenvalue weighted by Crippen LogP contribution is 2.39. The third-order valence-electron chi connectivity index (χ3n) is 3.86. The van der Waals surface area contributed by atoms with Gasteiger partial charge in [-0.2, -0.15) is 0 Å². The minimum Gasteiger partial charge on any atom is -0.496 e. The van der Waals surface area contributed by atoms with E-state index in [0.29, 0.717) is 10.9 Å². The second-order valence-electron chi connectivity index (χ2n) is 5.56. The third kappa shape index (κ3) is 3.85. The average molecular weight is 370 g/mol. The van der Waals surface area contributed by atoms with Crippen LogP contribution in [0.4, 0.5) is 0 Å². The summed E-state index contributed by atoms with van der Waals surface area (Å²) < 4.78 is 7.28. The van der Waals surface area contributed by atoms with Crippen LogP contribution in [0.5, 0.6) is 5.75 Å². The zero-order valence-electron chi connectivity index (χ0n) is 14.4. The van der Waals surface area contributed by atoms with Crippen molar-refractivity contribution in [3.8, 4) is 11.4 Å². The molecule has 8 heteroatoms. The van der Waals surface area contributed by atoms with Crippen LogP contribution in [-0.2, 0) is 0 Å². The zero-order chi connectivity index (χ0) is 18.5. The highest BCUT2D eigenvalue weighted by atomic mass is 32.2. The maximum absolute atomic E-state index is 11.2. The van der Waals surface area contributed by atoms with Gasteiger partial charge in [0.1, 0.15) is 16.8 Å². The van der Waals surface area contributed by atoms with Crippen LogP contribution in [0.3, 0.4) is 0 Å². The van der Waals surface area contributed by atoms with Gasteiger partial charge in [-0.3, -0.25) is 14.7 Å². The molecule has 3 aromatic rings. The smallest absolute Gasteiger partial charge is 0.220 e. The average Bonchev–Trinajstić information content (AvgIpc) is 3.01. The van der Waals surface area contributed by atoms with Crippen molar-refractivity contribution in [2.24, 2.45) is 0 Å². The number of aryl methyl sites for hydroxylation is 1. The molecule has 3 rings (SSSR count). The van der Waals surface area contributed by atoms with E-state index in [-0.39, 0.29) is 11.5 Å². The summed E-state index contributed by atoms with van der Waals surface area (Å²) in [6.07, 6.45) is 0. The Balaban J connectivity index is 2.00. The van der Waals surface area contributed by atoms with Crippen LogP contribution < -0.4 is 4.74 Å². The highest BCUT2D eigenvalue weighted by molar-refractivity contribution is 7.99. The molecular weight excluding hydrogens is 352 g/mol. The van der Waals surface area contributed by atoms with E-state index in [1.807, 2.05) is 60.0 Å². The van der Waals surface area contributed by atoms with Crippen LogP contribution in [0.2, 0.25) is 0 Å². The monoisotopic (exact) mass is 370 g/mol. The van der Waals surface area contributed by atoms with Crippen molar-refractivity contribution in [2.75, 3.05) is 13.7 Å². The molecule has 0 saturated heterocycles. The number of nitrogens with zero attached hydrogens (tertiary/aromatic N) is 4. The molecule has 0 bridgehead atoms.